The van der Waals surface area contributed by atoms with E-state index in [1.807, 2.05) is 4.90 Å². The van der Waals surface area contributed by atoms with Gasteiger partial charge < -0.3 is 4.90 Å². The van der Waals surface area contributed by atoms with E-state index in [1.165, 1.54) is 6.42 Å². The molecule has 0 saturated carbocycles. The van der Waals surface area contributed by atoms with Crippen molar-refractivity contribution in [3.05, 3.63) is 0 Å². The number of sulfonamides is 1. The number of unbranched alkanes of at least 4 members (excludes halogenated alkanes) is 1. The van der Waals surface area contributed by atoms with Gasteiger partial charge in [-0.1, -0.05) is 13.3 Å². The van der Waals surface area contributed by atoms with Gasteiger partial charge in [-0.2, -0.15) is 0 Å². The maximum Gasteiger partial charge on any atom is 0.222 e. The second-order valence-corrected chi connectivity index (χ2v) is 8.97. The lowest BCUT2D eigenvalue weighted by atomic mass is 9.99. The molecule has 2 fully saturated rings. The van der Waals surface area contributed by atoms with E-state index in [2.05, 4.69) is 6.92 Å². The van der Waals surface area contributed by atoms with Gasteiger partial charge >= 0.3 is 0 Å². The molecule has 6 heteroatoms. The number of rotatable bonds is 7. The summed E-state index contributed by atoms with van der Waals surface area (Å²) in [4.78, 5) is 14.4. The molecule has 5 nitrogen and oxygen atoms in total. The van der Waals surface area contributed by atoms with Crippen LogP contribution in [0.4, 0.5) is 0 Å². The molecule has 0 spiro atoms. The van der Waals surface area contributed by atoms with Crippen molar-refractivity contribution in [2.45, 2.75) is 77.2 Å². The van der Waals surface area contributed by atoms with Gasteiger partial charge in [0.05, 0.1) is 5.75 Å². The Bertz CT molecular complexity index is 472. The number of carbonyl (C=O) groups is 1. The minimum atomic E-state index is -3.11. The van der Waals surface area contributed by atoms with Gasteiger partial charge in [-0.05, 0) is 51.4 Å². The second kappa shape index (κ2) is 9.02. The molecule has 0 radical (unpaired) electrons. The number of amides is 1. The maximum absolute atomic E-state index is 12.4. The van der Waals surface area contributed by atoms with Crippen molar-refractivity contribution < 1.29 is 13.2 Å². The second-order valence-electron chi connectivity index (χ2n) is 6.88. The summed E-state index contributed by atoms with van der Waals surface area (Å²) < 4.78 is 26.2. The van der Waals surface area contributed by atoms with Crippen molar-refractivity contribution >= 4 is 15.9 Å². The molecule has 0 bridgehead atoms. The third-order valence-corrected chi connectivity index (χ3v) is 7.13. The highest BCUT2D eigenvalue weighted by Crippen LogP contribution is 2.21. The molecule has 2 aliphatic rings. The van der Waals surface area contributed by atoms with Gasteiger partial charge in [0.25, 0.3) is 0 Å². The van der Waals surface area contributed by atoms with Gasteiger partial charge in [-0.15, -0.1) is 0 Å². The molecule has 2 saturated heterocycles. The highest BCUT2D eigenvalue weighted by atomic mass is 32.2. The van der Waals surface area contributed by atoms with Crippen molar-refractivity contribution in [2.75, 3.05) is 25.4 Å². The van der Waals surface area contributed by atoms with Crippen LogP contribution in [0.3, 0.4) is 0 Å². The molecule has 0 aromatic rings. The Kier molecular flexibility index (Phi) is 7.34. The molecule has 134 valence electrons. The Labute approximate surface area is 141 Å². The highest BCUT2D eigenvalue weighted by Gasteiger charge is 2.26. The predicted octanol–water partition coefficient (Wildman–Crippen LogP) is 2.76. The molecular weight excluding hydrogens is 312 g/mol. The number of carbonyl (C=O) groups excluding carboxylic acids is 1. The summed E-state index contributed by atoms with van der Waals surface area (Å²) in [6.45, 7) is 4.37. The van der Waals surface area contributed by atoms with Crippen molar-refractivity contribution in [3.63, 3.8) is 0 Å². The van der Waals surface area contributed by atoms with Crippen LogP contribution in [0.5, 0.6) is 0 Å². The molecule has 2 heterocycles. The Morgan fingerprint density at radius 1 is 1.00 bits per heavy atom. The third-order valence-electron chi connectivity index (χ3n) is 5.17. The Morgan fingerprint density at radius 3 is 2.39 bits per heavy atom. The molecule has 0 N–H and O–H groups in total. The van der Waals surface area contributed by atoms with Gasteiger partial charge in [-0.25, -0.2) is 12.7 Å². The smallest absolute Gasteiger partial charge is 0.222 e. The first-order valence-electron chi connectivity index (χ1n) is 9.32. The minimum Gasteiger partial charge on any atom is -0.340 e. The summed E-state index contributed by atoms with van der Waals surface area (Å²) in [6.07, 6.45) is 9.31. The monoisotopic (exact) mass is 344 g/mol. The van der Waals surface area contributed by atoms with Gasteiger partial charge in [0.15, 0.2) is 0 Å². The van der Waals surface area contributed by atoms with Crippen LogP contribution >= 0.6 is 0 Å². The summed E-state index contributed by atoms with van der Waals surface area (Å²) in [7, 11) is -3.11. The van der Waals surface area contributed by atoms with E-state index in [1.54, 1.807) is 4.31 Å². The maximum atomic E-state index is 12.4. The lowest BCUT2D eigenvalue weighted by Gasteiger charge is -2.35. The van der Waals surface area contributed by atoms with Crippen LogP contribution in [0.15, 0.2) is 0 Å². The molecule has 2 rings (SSSR count). The molecule has 2 aliphatic heterocycles. The number of hydrogen-bond donors (Lipinski definition) is 0. The fourth-order valence-electron chi connectivity index (χ4n) is 3.73. The molecule has 1 unspecified atom stereocenters. The molecule has 0 aliphatic carbocycles. The fourth-order valence-corrected chi connectivity index (χ4v) is 5.37. The molecule has 0 aromatic heterocycles. The summed E-state index contributed by atoms with van der Waals surface area (Å²) >= 11 is 0. The first-order valence-corrected chi connectivity index (χ1v) is 10.9. The molecule has 1 atom stereocenters. The van der Waals surface area contributed by atoms with E-state index in [-0.39, 0.29) is 11.7 Å². The van der Waals surface area contributed by atoms with E-state index < -0.39 is 10.0 Å². The van der Waals surface area contributed by atoms with Gasteiger partial charge in [-0.3, -0.25) is 4.79 Å². The lowest BCUT2D eigenvalue weighted by molar-refractivity contribution is -0.135. The van der Waals surface area contributed by atoms with Crippen LogP contribution in [0.2, 0.25) is 0 Å². The number of nitrogens with zero attached hydrogens (tertiary/aromatic N) is 2. The SMILES string of the molecule is CCC1CCCCN1C(=O)CCCCS(=O)(=O)N1CCCCC1. The van der Waals surface area contributed by atoms with Gasteiger partial charge in [0.1, 0.15) is 0 Å². The fraction of sp³-hybridized carbons (Fsp3) is 0.941. The predicted molar refractivity (Wildman–Crippen MR) is 92.7 cm³/mol. The molecule has 1 amide bonds. The van der Waals surface area contributed by atoms with Crippen molar-refractivity contribution in [2.24, 2.45) is 0 Å². The average Bonchev–Trinajstić information content (AvgIpc) is 2.59. The molecular formula is C17H32N2O3S. The van der Waals surface area contributed by atoms with Crippen LogP contribution in [0, 0.1) is 0 Å². The zero-order chi connectivity index (χ0) is 16.7. The van der Waals surface area contributed by atoms with E-state index in [4.69, 9.17) is 0 Å². The van der Waals surface area contributed by atoms with Crippen LogP contribution in [-0.2, 0) is 14.8 Å². The normalized spacial score (nSPS) is 23.9. The first-order chi connectivity index (χ1) is 11.0. The van der Waals surface area contributed by atoms with Gasteiger partial charge in [0.2, 0.25) is 15.9 Å². The standard InChI is InChI=1S/C17H32N2O3S/c1-2-16-10-4-8-14-19(16)17(20)11-5-9-15-23(21,22)18-12-6-3-7-13-18/h16H,2-15H2,1H3. The van der Waals surface area contributed by atoms with Crippen LogP contribution in [-0.4, -0.2) is 55.0 Å². The lowest BCUT2D eigenvalue weighted by Crippen LogP contribution is -2.43. The highest BCUT2D eigenvalue weighted by molar-refractivity contribution is 7.89. The van der Waals surface area contributed by atoms with Gasteiger partial charge in [0, 0.05) is 32.1 Å². The van der Waals surface area contributed by atoms with Crippen LogP contribution in [0.25, 0.3) is 0 Å². The first kappa shape index (κ1) is 18.7. The zero-order valence-corrected chi connectivity index (χ0v) is 15.3. The largest absolute Gasteiger partial charge is 0.340 e. The van der Waals surface area contributed by atoms with E-state index in [9.17, 15) is 13.2 Å². The molecule has 23 heavy (non-hydrogen) atoms. The average molecular weight is 345 g/mol. The summed E-state index contributed by atoms with van der Waals surface area (Å²) in [5, 5.41) is 0. The Hall–Kier alpha value is -0.620. The third kappa shape index (κ3) is 5.45. The van der Waals surface area contributed by atoms with Crippen molar-refractivity contribution in [3.8, 4) is 0 Å². The summed E-state index contributed by atoms with van der Waals surface area (Å²) in [6, 6.07) is 0.397. The van der Waals surface area contributed by atoms with E-state index >= 15 is 0 Å². The molecule has 0 aromatic carbocycles. The Morgan fingerprint density at radius 2 is 1.70 bits per heavy atom. The van der Waals surface area contributed by atoms with Crippen LogP contribution in [0.1, 0.15) is 71.1 Å². The summed E-state index contributed by atoms with van der Waals surface area (Å²) in [5.74, 6) is 0.407. The van der Waals surface area contributed by atoms with E-state index in [0.717, 1.165) is 45.1 Å². The zero-order valence-electron chi connectivity index (χ0n) is 14.5. The topological polar surface area (TPSA) is 57.7 Å². The minimum absolute atomic E-state index is 0.192. The Balaban J connectivity index is 1.70. The van der Waals surface area contributed by atoms with E-state index in [0.29, 0.717) is 38.4 Å². The number of piperidine rings is 2. The van der Waals surface area contributed by atoms with Crippen molar-refractivity contribution in [1.82, 2.24) is 9.21 Å². The summed E-state index contributed by atoms with van der Waals surface area (Å²) in [5.41, 5.74) is 0. The van der Waals surface area contributed by atoms with Crippen LogP contribution < -0.4 is 0 Å². The quantitative estimate of drug-likeness (QED) is 0.667. The number of likely N-dealkylation sites (tertiary alicyclic amines) is 1. The number of hydrogen-bond acceptors (Lipinski definition) is 3. The van der Waals surface area contributed by atoms with Crippen molar-refractivity contribution in [1.29, 1.82) is 0 Å².